The highest BCUT2D eigenvalue weighted by Gasteiger charge is 2.16. The molecule has 84 valence electrons. The Labute approximate surface area is 90.9 Å². The molecule has 0 saturated carbocycles. The van der Waals surface area contributed by atoms with E-state index in [1.807, 2.05) is 6.92 Å². The number of hydrogen-bond acceptors (Lipinski definition) is 4. The van der Waals surface area contributed by atoms with Crippen molar-refractivity contribution in [2.45, 2.75) is 39.2 Å². The van der Waals surface area contributed by atoms with Crippen LogP contribution in [-0.2, 0) is 5.41 Å². The first-order valence-corrected chi connectivity index (χ1v) is 5.10. The molecule has 0 amide bonds. The van der Waals surface area contributed by atoms with Gasteiger partial charge in [-0.25, -0.2) is 9.97 Å². The lowest BCUT2D eigenvalue weighted by molar-refractivity contribution is 0.293. The molecule has 0 aromatic carbocycles. The van der Waals surface area contributed by atoms with Crippen molar-refractivity contribution < 1.29 is 4.74 Å². The van der Waals surface area contributed by atoms with E-state index >= 15 is 0 Å². The topological polar surface area (TPSA) is 61.0 Å². The molecule has 0 aliphatic carbocycles. The highest BCUT2D eigenvalue weighted by Crippen LogP contribution is 2.18. The SMILES string of the molecule is CC(N)COc1cnc(C(C)(C)C)nc1. The average molecular weight is 209 g/mol. The van der Waals surface area contributed by atoms with Crippen molar-refractivity contribution in [3.8, 4) is 5.75 Å². The van der Waals surface area contributed by atoms with E-state index in [2.05, 4.69) is 30.7 Å². The van der Waals surface area contributed by atoms with Gasteiger partial charge < -0.3 is 10.5 Å². The molecule has 0 bridgehead atoms. The molecular weight excluding hydrogens is 190 g/mol. The number of ether oxygens (including phenoxy) is 1. The number of hydrogen-bond donors (Lipinski definition) is 1. The lowest BCUT2D eigenvalue weighted by Gasteiger charge is -2.16. The van der Waals surface area contributed by atoms with E-state index in [0.717, 1.165) is 5.82 Å². The second kappa shape index (κ2) is 4.57. The Hall–Kier alpha value is -1.16. The molecule has 0 aliphatic rings. The van der Waals surface area contributed by atoms with Crippen molar-refractivity contribution in [1.29, 1.82) is 0 Å². The fourth-order valence-electron chi connectivity index (χ4n) is 1.01. The summed E-state index contributed by atoms with van der Waals surface area (Å²) in [6, 6.07) is 0.0206. The summed E-state index contributed by atoms with van der Waals surface area (Å²) >= 11 is 0. The molecule has 1 heterocycles. The number of nitrogens with zero attached hydrogens (tertiary/aromatic N) is 2. The highest BCUT2D eigenvalue weighted by molar-refractivity contribution is 5.15. The van der Waals surface area contributed by atoms with Gasteiger partial charge in [-0.05, 0) is 6.92 Å². The molecule has 1 atom stereocenters. The maximum absolute atomic E-state index is 5.57. The first kappa shape index (κ1) is 11.9. The Kier molecular flexibility index (Phi) is 3.63. The summed E-state index contributed by atoms with van der Waals surface area (Å²) < 4.78 is 5.39. The van der Waals surface area contributed by atoms with E-state index < -0.39 is 0 Å². The van der Waals surface area contributed by atoms with Crippen molar-refractivity contribution in [3.05, 3.63) is 18.2 Å². The molecule has 4 nitrogen and oxygen atoms in total. The fourth-order valence-corrected chi connectivity index (χ4v) is 1.01. The van der Waals surface area contributed by atoms with Gasteiger partial charge >= 0.3 is 0 Å². The molecule has 0 saturated heterocycles. The van der Waals surface area contributed by atoms with Gasteiger partial charge in [0.25, 0.3) is 0 Å². The second-order valence-corrected chi connectivity index (χ2v) is 4.78. The zero-order valence-electron chi connectivity index (χ0n) is 9.82. The number of rotatable bonds is 3. The first-order valence-electron chi connectivity index (χ1n) is 5.10. The van der Waals surface area contributed by atoms with Crippen LogP contribution in [0.1, 0.15) is 33.5 Å². The van der Waals surface area contributed by atoms with Crippen LogP contribution in [0.25, 0.3) is 0 Å². The Morgan fingerprint density at radius 1 is 1.33 bits per heavy atom. The number of nitrogens with two attached hydrogens (primary N) is 1. The number of aromatic nitrogens is 2. The molecule has 1 aromatic heterocycles. The summed E-state index contributed by atoms with van der Waals surface area (Å²) in [5.74, 6) is 1.48. The third-order valence-electron chi connectivity index (χ3n) is 1.81. The molecule has 1 rings (SSSR count). The van der Waals surface area contributed by atoms with Gasteiger partial charge in [-0.15, -0.1) is 0 Å². The van der Waals surface area contributed by atoms with Gasteiger partial charge in [0.15, 0.2) is 5.75 Å². The zero-order valence-corrected chi connectivity index (χ0v) is 9.82. The standard InChI is InChI=1S/C11H19N3O/c1-8(12)7-15-9-5-13-10(14-6-9)11(2,3)4/h5-6,8H,7,12H2,1-4H3. The molecule has 0 spiro atoms. The molecule has 0 fully saturated rings. The average Bonchev–Trinajstić information content (AvgIpc) is 2.14. The Balaban J connectivity index is 2.65. The van der Waals surface area contributed by atoms with Crippen LogP contribution in [0.4, 0.5) is 0 Å². The van der Waals surface area contributed by atoms with E-state index in [1.54, 1.807) is 12.4 Å². The summed E-state index contributed by atoms with van der Waals surface area (Å²) in [5, 5.41) is 0. The van der Waals surface area contributed by atoms with Crippen LogP contribution >= 0.6 is 0 Å². The van der Waals surface area contributed by atoms with Crippen LogP contribution in [0.15, 0.2) is 12.4 Å². The maximum atomic E-state index is 5.57. The van der Waals surface area contributed by atoms with Crippen LogP contribution in [0, 0.1) is 0 Å². The molecule has 1 unspecified atom stereocenters. The third kappa shape index (κ3) is 3.83. The summed E-state index contributed by atoms with van der Waals surface area (Å²) in [6.07, 6.45) is 3.38. The van der Waals surface area contributed by atoms with Crippen molar-refractivity contribution >= 4 is 0 Å². The molecule has 2 N–H and O–H groups in total. The lowest BCUT2D eigenvalue weighted by atomic mass is 9.96. The van der Waals surface area contributed by atoms with Crippen molar-refractivity contribution in [3.63, 3.8) is 0 Å². The van der Waals surface area contributed by atoms with Gasteiger partial charge in [-0.2, -0.15) is 0 Å². The van der Waals surface area contributed by atoms with E-state index in [4.69, 9.17) is 10.5 Å². The van der Waals surface area contributed by atoms with Crippen molar-refractivity contribution in [1.82, 2.24) is 9.97 Å². The third-order valence-corrected chi connectivity index (χ3v) is 1.81. The molecule has 1 aromatic rings. The molecule has 4 heteroatoms. The normalized spacial score (nSPS) is 13.7. The van der Waals surface area contributed by atoms with Crippen LogP contribution in [0.5, 0.6) is 5.75 Å². The Bertz CT molecular complexity index is 301. The van der Waals surface area contributed by atoms with Gasteiger partial charge in [-0.1, -0.05) is 20.8 Å². The van der Waals surface area contributed by atoms with Gasteiger partial charge in [0.05, 0.1) is 12.4 Å². The van der Waals surface area contributed by atoms with E-state index in [1.165, 1.54) is 0 Å². The first-order chi connectivity index (χ1) is 6.89. The molecule has 0 radical (unpaired) electrons. The second-order valence-electron chi connectivity index (χ2n) is 4.78. The fraction of sp³-hybridized carbons (Fsp3) is 0.636. The van der Waals surface area contributed by atoms with Crippen molar-refractivity contribution in [2.75, 3.05) is 6.61 Å². The highest BCUT2D eigenvalue weighted by atomic mass is 16.5. The zero-order chi connectivity index (χ0) is 11.5. The molecule has 15 heavy (non-hydrogen) atoms. The molecular formula is C11H19N3O. The quantitative estimate of drug-likeness (QED) is 0.819. The predicted octanol–water partition coefficient (Wildman–Crippen LogP) is 1.50. The van der Waals surface area contributed by atoms with E-state index in [-0.39, 0.29) is 11.5 Å². The van der Waals surface area contributed by atoms with E-state index in [9.17, 15) is 0 Å². The van der Waals surface area contributed by atoms with Crippen LogP contribution < -0.4 is 10.5 Å². The van der Waals surface area contributed by atoms with Crippen LogP contribution in [0.2, 0.25) is 0 Å². The predicted molar refractivity (Wildman–Crippen MR) is 59.9 cm³/mol. The Morgan fingerprint density at radius 2 is 1.87 bits per heavy atom. The largest absolute Gasteiger partial charge is 0.489 e. The van der Waals surface area contributed by atoms with Crippen LogP contribution in [0.3, 0.4) is 0 Å². The monoisotopic (exact) mass is 209 g/mol. The van der Waals surface area contributed by atoms with Gasteiger partial charge in [0, 0.05) is 11.5 Å². The minimum atomic E-state index is -0.0281. The maximum Gasteiger partial charge on any atom is 0.155 e. The van der Waals surface area contributed by atoms with Gasteiger partial charge in [0.2, 0.25) is 0 Å². The van der Waals surface area contributed by atoms with Crippen LogP contribution in [-0.4, -0.2) is 22.6 Å². The summed E-state index contributed by atoms with van der Waals surface area (Å²) in [6.45, 7) is 8.60. The smallest absolute Gasteiger partial charge is 0.155 e. The summed E-state index contributed by atoms with van der Waals surface area (Å²) in [4.78, 5) is 8.50. The minimum Gasteiger partial charge on any atom is -0.489 e. The summed E-state index contributed by atoms with van der Waals surface area (Å²) in [7, 11) is 0. The minimum absolute atomic E-state index is 0.0206. The summed E-state index contributed by atoms with van der Waals surface area (Å²) in [5.41, 5.74) is 5.55. The van der Waals surface area contributed by atoms with E-state index in [0.29, 0.717) is 12.4 Å². The van der Waals surface area contributed by atoms with Gasteiger partial charge in [0.1, 0.15) is 12.4 Å². The Morgan fingerprint density at radius 3 is 2.27 bits per heavy atom. The van der Waals surface area contributed by atoms with Crippen molar-refractivity contribution in [2.24, 2.45) is 5.73 Å². The molecule has 0 aliphatic heterocycles. The lowest BCUT2D eigenvalue weighted by Crippen LogP contribution is -2.24. The van der Waals surface area contributed by atoms with Gasteiger partial charge in [-0.3, -0.25) is 0 Å².